The molecule has 0 saturated carbocycles. The van der Waals surface area contributed by atoms with Crippen molar-refractivity contribution < 1.29 is 0 Å². The highest BCUT2D eigenvalue weighted by Gasteiger charge is 1.98. The largest absolute Gasteiger partial charge is 0.337 e. The van der Waals surface area contributed by atoms with Gasteiger partial charge in [0.05, 0.1) is 12.0 Å². The maximum absolute atomic E-state index is 4.43. The van der Waals surface area contributed by atoms with Crippen molar-refractivity contribution in [3.05, 3.63) is 18.2 Å². The van der Waals surface area contributed by atoms with Gasteiger partial charge in [-0.25, -0.2) is 4.98 Å². The standard InChI is InChI=1S/C14H27N3/c1-3-5-6-7-8-11-17-12-14(16-13-17)9-10-15-4-2/h12-13,15H,3-11H2,1-2H3. The van der Waals surface area contributed by atoms with Gasteiger partial charge in [-0.1, -0.05) is 39.5 Å². The van der Waals surface area contributed by atoms with Gasteiger partial charge in [0.15, 0.2) is 0 Å². The zero-order valence-corrected chi connectivity index (χ0v) is 11.4. The van der Waals surface area contributed by atoms with Gasteiger partial charge in [-0.3, -0.25) is 0 Å². The molecular weight excluding hydrogens is 210 g/mol. The maximum atomic E-state index is 4.43. The van der Waals surface area contributed by atoms with E-state index in [4.69, 9.17) is 0 Å². The molecule has 0 aliphatic rings. The van der Waals surface area contributed by atoms with Gasteiger partial charge in [-0.05, 0) is 13.0 Å². The molecule has 0 spiro atoms. The summed E-state index contributed by atoms with van der Waals surface area (Å²) in [5.74, 6) is 0. The van der Waals surface area contributed by atoms with E-state index in [-0.39, 0.29) is 0 Å². The summed E-state index contributed by atoms with van der Waals surface area (Å²) in [6, 6.07) is 0. The third-order valence-electron chi connectivity index (χ3n) is 3.01. The van der Waals surface area contributed by atoms with Crippen LogP contribution in [0, 0.1) is 0 Å². The van der Waals surface area contributed by atoms with E-state index in [9.17, 15) is 0 Å². The van der Waals surface area contributed by atoms with Crippen LogP contribution in [0.4, 0.5) is 0 Å². The summed E-state index contributed by atoms with van der Waals surface area (Å²) in [6.45, 7) is 7.58. The molecule has 1 aromatic heterocycles. The Morgan fingerprint density at radius 3 is 2.76 bits per heavy atom. The van der Waals surface area contributed by atoms with Crippen molar-refractivity contribution in [3.63, 3.8) is 0 Å². The number of nitrogens with zero attached hydrogens (tertiary/aromatic N) is 2. The molecule has 0 saturated heterocycles. The summed E-state index contributed by atoms with van der Waals surface area (Å²) < 4.78 is 2.23. The molecule has 1 aromatic rings. The summed E-state index contributed by atoms with van der Waals surface area (Å²) >= 11 is 0. The fourth-order valence-electron chi connectivity index (χ4n) is 1.95. The first-order valence-electron chi connectivity index (χ1n) is 7.08. The molecule has 0 atom stereocenters. The summed E-state index contributed by atoms with van der Waals surface area (Å²) in [5, 5.41) is 3.32. The van der Waals surface area contributed by atoms with E-state index in [1.807, 2.05) is 6.33 Å². The molecule has 1 N–H and O–H groups in total. The summed E-state index contributed by atoms with van der Waals surface area (Å²) in [7, 11) is 0. The SMILES string of the molecule is CCCCCCCn1cnc(CCNCC)c1. The van der Waals surface area contributed by atoms with Crippen LogP contribution >= 0.6 is 0 Å². The minimum atomic E-state index is 1.03. The molecule has 0 unspecified atom stereocenters. The van der Waals surface area contributed by atoms with Gasteiger partial charge in [0.1, 0.15) is 0 Å². The lowest BCUT2D eigenvalue weighted by atomic mass is 10.1. The van der Waals surface area contributed by atoms with E-state index in [0.717, 1.165) is 26.1 Å². The molecule has 0 aliphatic carbocycles. The van der Waals surface area contributed by atoms with Gasteiger partial charge in [0.25, 0.3) is 0 Å². The van der Waals surface area contributed by atoms with Crippen LogP contribution < -0.4 is 5.32 Å². The fourth-order valence-corrected chi connectivity index (χ4v) is 1.95. The van der Waals surface area contributed by atoms with Crippen LogP contribution in [0.15, 0.2) is 12.5 Å². The second kappa shape index (κ2) is 9.23. The predicted octanol–water partition coefficient (Wildman–Crippen LogP) is 3.01. The Balaban J connectivity index is 2.12. The molecule has 0 aromatic carbocycles. The predicted molar refractivity (Wildman–Crippen MR) is 73.2 cm³/mol. The van der Waals surface area contributed by atoms with Crippen LogP contribution in [0.3, 0.4) is 0 Å². The Morgan fingerprint density at radius 2 is 2.00 bits per heavy atom. The van der Waals surface area contributed by atoms with Crippen LogP contribution in [0.1, 0.15) is 51.6 Å². The number of aromatic nitrogens is 2. The van der Waals surface area contributed by atoms with Gasteiger partial charge in [-0.15, -0.1) is 0 Å². The van der Waals surface area contributed by atoms with Crippen molar-refractivity contribution in [2.24, 2.45) is 0 Å². The highest BCUT2D eigenvalue weighted by Crippen LogP contribution is 2.05. The van der Waals surface area contributed by atoms with Crippen LogP contribution in [0.5, 0.6) is 0 Å². The third kappa shape index (κ3) is 6.47. The number of hydrogen-bond donors (Lipinski definition) is 1. The Morgan fingerprint density at radius 1 is 1.18 bits per heavy atom. The first-order valence-corrected chi connectivity index (χ1v) is 7.08. The van der Waals surface area contributed by atoms with Crippen molar-refractivity contribution in [2.45, 2.75) is 58.9 Å². The monoisotopic (exact) mass is 237 g/mol. The van der Waals surface area contributed by atoms with E-state index in [2.05, 4.69) is 34.9 Å². The molecule has 0 radical (unpaired) electrons. The number of nitrogens with one attached hydrogen (secondary N) is 1. The quantitative estimate of drug-likeness (QED) is 0.634. The van der Waals surface area contributed by atoms with Crippen molar-refractivity contribution in [2.75, 3.05) is 13.1 Å². The van der Waals surface area contributed by atoms with E-state index in [1.54, 1.807) is 0 Å². The van der Waals surface area contributed by atoms with Crippen LogP contribution in [-0.4, -0.2) is 22.6 Å². The Bertz CT molecular complexity index is 281. The topological polar surface area (TPSA) is 29.9 Å². The molecule has 98 valence electrons. The molecule has 0 fully saturated rings. The maximum Gasteiger partial charge on any atom is 0.0949 e. The zero-order valence-electron chi connectivity index (χ0n) is 11.4. The fraction of sp³-hybridized carbons (Fsp3) is 0.786. The molecular formula is C14H27N3. The molecule has 1 heterocycles. The minimum absolute atomic E-state index is 1.03. The van der Waals surface area contributed by atoms with Crippen molar-refractivity contribution in [1.82, 2.24) is 14.9 Å². The number of aryl methyl sites for hydroxylation is 1. The molecule has 3 heteroatoms. The highest BCUT2D eigenvalue weighted by atomic mass is 15.0. The molecule has 17 heavy (non-hydrogen) atoms. The summed E-state index contributed by atoms with van der Waals surface area (Å²) in [5.41, 5.74) is 1.21. The number of rotatable bonds is 10. The number of unbranched alkanes of at least 4 members (excludes halogenated alkanes) is 4. The number of hydrogen-bond acceptors (Lipinski definition) is 2. The second-order valence-corrected chi connectivity index (χ2v) is 4.62. The molecule has 0 bridgehead atoms. The third-order valence-corrected chi connectivity index (χ3v) is 3.01. The lowest BCUT2D eigenvalue weighted by Gasteiger charge is -2.01. The Kier molecular flexibility index (Phi) is 7.72. The molecule has 0 aliphatic heterocycles. The molecule has 3 nitrogen and oxygen atoms in total. The number of imidazole rings is 1. The van der Waals surface area contributed by atoms with E-state index in [0.29, 0.717) is 0 Å². The van der Waals surface area contributed by atoms with Crippen LogP contribution in [0.25, 0.3) is 0 Å². The van der Waals surface area contributed by atoms with Crippen LogP contribution in [0.2, 0.25) is 0 Å². The van der Waals surface area contributed by atoms with E-state index < -0.39 is 0 Å². The van der Waals surface area contributed by atoms with Gasteiger partial charge in [0, 0.05) is 25.7 Å². The summed E-state index contributed by atoms with van der Waals surface area (Å²) in [4.78, 5) is 4.43. The van der Waals surface area contributed by atoms with E-state index in [1.165, 1.54) is 37.8 Å². The molecule has 0 amide bonds. The Labute approximate surface area is 106 Å². The summed E-state index contributed by atoms with van der Waals surface area (Å²) in [6.07, 6.45) is 11.9. The lowest BCUT2D eigenvalue weighted by molar-refractivity contribution is 0.568. The second-order valence-electron chi connectivity index (χ2n) is 4.62. The van der Waals surface area contributed by atoms with Crippen molar-refractivity contribution in [1.29, 1.82) is 0 Å². The normalized spacial score (nSPS) is 10.9. The zero-order chi connectivity index (χ0) is 12.3. The highest BCUT2D eigenvalue weighted by molar-refractivity contribution is 4.97. The Hall–Kier alpha value is -0.830. The molecule has 1 rings (SSSR count). The van der Waals surface area contributed by atoms with Gasteiger partial charge in [-0.2, -0.15) is 0 Å². The van der Waals surface area contributed by atoms with Crippen molar-refractivity contribution in [3.8, 4) is 0 Å². The minimum Gasteiger partial charge on any atom is -0.337 e. The smallest absolute Gasteiger partial charge is 0.0949 e. The average Bonchev–Trinajstić information content (AvgIpc) is 2.77. The van der Waals surface area contributed by atoms with Gasteiger partial charge < -0.3 is 9.88 Å². The van der Waals surface area contributed by atoms with Crippen molar-refractivity contribution >= 4 is 0 Å². The van der Waals surface area contributed by atoms with Crippen LogP contribution in [-0.2, 0) is 13.0 Å². The average molecular weight is 237 g/mol. The first-order chi connectivity index (χ1) is 8.36. The van der Waals surface area contributed by atoms with E-state index >= 15 is 0 Å². The number of likely N-dealkylation sites (N-methyl/N-ethyl adjacent to an activating group) is 1. The van der Waals surface area contributed by atoms with Gasteiger partial charge in [0.2, 0.25) is 0 Å². The lowest BCUT2D eigenvalue weighted by Crippen LogP contribution is -2.16. The van der Waals surface area contributed by atoms with Gasteiger partial charge >= 0.3 is 0 Å². The first kappa shape index (κ1) is 14.2.